The molecular formula is C19H18FNO3S. The van der Waals surface area contributed by atoms with E-state index in [1.54, 1.807) is 25.1 Å². The molecule has 0 radical (unpaired) electrons. The average molecular weight is 359 g/mol. The van der Waals surface area contributed by atoms with Gasteiger partial charge in [0.25, 0.3) is 9.84 Å². The number of sulfone groups is 1. The molecule has 0 aliphatic heterocycles. The molecule has 1 atom stereocenters. The van der Waals surface area contributed by atoms with Crippen molar-refractivity contribution in [2.24, 2.45) is 5.92 Å². The molecular weight excluding hydrogens is 341 g/mol. The Morgan fingerprint density at radius 3 is 2.60 bits per heavy atom. The molecule has 0 amide bonds. The molecule has 25 heavy (non-hydrogen) atoms. The first kappa shape index (κ1) is 17.4. The summed E-state index contributed by atoms with van der Waals surface area (Å²) in [5.41, 5.74) is 0.373. The molecule has 1 fully saturated rings. The second-order valence-corrected chi connectivity index (χ2v) is 8.21. The Morgan fingerprint density at radius 1 is 1.28 bits per heavy atom. The number of rotatable bonds is 6. The van der Waals surface area contributed by atoms with Gasteiger partial charge in [-0.05, 0) is 49.4 Å². The second-order valence-electron chi connectivity index (χ2n) is 6.23. The first-order chi connectivity index (χ1) is 11.9. The first-order valence-electron chi connectivity index (χ1n) is 8.02. The Labute approximate surface area is 147 Å². The normalized spacial score (nSPS) is 15.4. The lowest BCUT2D eigenvalue weighted by Crippen LogP contribution is -2.13. The van der Waals surface area contributed by atoms with Gasteiger partial charge in [0.15, 0.2) is 0 Å². The second kappa shape index (κ2) is 6.85. The molecule has 3 rings (SSSR count). The van der Waals surface area contributed by atoms with Crippen molar-refractivity contribution in [3.05, 3.63) is 70.8 Å². The van der Waals surface area contributed by atoms with Crippen LogP contribution in [0.1, 0.15) is 29.3 Å². The van der Waals surface area contributed by atoms with Gasteiger partial charge < -0.3 is 4.74 Å². The largest absolute Gasteiger partial charge is 0.493 e. The highest BCUT2D eigenvalue weighted by atomic mass is 32.2. The Kier molecular flexibility index (Phi) is 4.78. The summed E-state index contributed by atoms with van der Waals surface area (Å²) in [4.78, 5) is 3.25. The predicted molar refractivity (Wildman–Crippen MR) is 92.3 cm³/mol. The standard InChI is InChI=1S/C19H18FNO3S/c1-13-5-3-4-6-18(13)25(22,23)19(21-2)16-10-9-15(11-17(16)20)24-12-14-7-8-14/h3-6,9-11,14,19H,7-8,12H2,1H3. The molecule has 0 saturated heterocycles. The lowest BCUT2D eigenvalue weighted by molar-refractivity contribution is 0.298. The van der Waals surface area contributed by atoms with Crippen LogP contribution in [0.2, 0.25) is 0 Å². The SMILES string of the molecule is [C-]#[N+]C(c1ccc(OCC2CC2)cc1F)S(=O)(=O)c1ccccc1C. The maximum atomic E-state index is 14.5. The van der Waals surface area contributed by atoms with Gasteiger partial charge in [0, 0.05) is 6.07 Å². The third kappa shape index (κ3) is 3.67. The quantitative estimate of drug-likeness (QED) is 0.722. The van der Waals surface area contributed by atoms with Gasteiger partial charge >= 0.3 is 5.37 Å². The van der Waals surface area contributed by atoms with Crippen molar-refractivity contribution in [1.82, 2.24) is 0 Å². The molecule has 1 aliphatic rings. The lowest BCUT2D eigenvalue weighted by Gasteiger charge is -2.12. The molecule has 2 aromatic rings. The number of nitrogens with zero attached hydrogens (tertiary/aromatic N) is 1. The fourth-order valence-electron chi connectivity index (χ4n) is 2.60. The monoisotopic (exact) mass is 359 g/mol. The molecule has 0 aromatic heterocycles. The average Bonchev–Trinajstić information content (AvgIpc) is 3.40. The smallest absolute Gasteiger partial charge is 0.353 e. The van der Waals surface area contributed by atoms with Gasteiger partial charge in [0.05, 0.1) is 17.1 Å². The van der Waals surface area contributed by atoms with E-state index in [-0.39, 0.29) is 10.5 Å². The van der Waals surface area contributed by atoms with Crippen molar-refractivity contribution in [3.8, 4) is 5.75 Å². The minimum absolute atomic E-state index is 0.0458. The zero-order chi connectivity index (χ0) is 18.0. The summed E-state index contributed by atoms with van der Waals surface area (Å²) in [6.45, 7) is 9.50. The van der Waals surface area contributed by atoms with Gasteiger partial charge in [-0.2, -0.15) is 0 Å². The molecule has 130 valence electrons. The van der Waals surface area contributed by atoms with Crippen LogP contribution in [-0.4, -0.2) is 15.0 Å². The Hall–Kier alpha value is -2.39. The third-order valence-electron chi connectivity index (χ3n) is 4.23. The summed E-state index contributed by atoms with van der Waals surface area (Å²) in [6, 6.07) is 10.4. The van der Waals surface area contributed by atoms with Crippen LogP contribution in [0, 0.1) is 25.2 Å². The molecule has 0 N–H and O–H groups in total. The summed E-state index contributed by atoms with van der Waals surface area (Å²) >= 11 is 0. The molecule has 0 heterocycles. The molecule has 0 spiro atoms. The van der Waals surface area contributed by atoms with E-state index in [0.717, 1.165) is 18.9 Å². The van der Waals surface area contributed by atoms with E-state index < -0.39 is 21.0 Å². The van der Waals surface area contributed by atoms with Gasteiger partial charge in [-0.15, -0.1) is 0 Å². The Balaban J connectivity index is 1.92. The number of hydrogen-bond donors (Lipinski definition) is 0. The lowest BCUT2D eigenvalue weighted by atomic mass is 10.2. The molecule has 1 saturated carbocycles. The topological polar surface area (TPSA) is 47.7 Å². The first-order valence-corrected chi connectivity index (χ1v) is 9.56. The Morgan fingerprint density at radius 2 is 2.00 bits per heavy atom. The highest BCUT2D eigenvalue weighted by Gasteiger charge is 2.37. The maximum absolute atomic E-state index is 14.5. The highest BCUT2D eigenvalue weighted by molar-refractivity contribution is 7.91. The fraction of sp³-hybridized carbons (Fsp3) is 0.316. The van der Waals surface area contributed by atoms with Crippen LogP contribution >= 0.6 is 0 Å². The molecule has 4 nitrogen and oxygen atoms in total. The summed E-state index contributed by atoms with van der Waals surface area (Å²) < 4.78 is 45.7. The van der Waals surface area contributed by atoms with Crippen molar-refractivity contribution < 1.29 is 17.5 Å². The van der Waals surface area contributed by atoms with Crippen LogP contribution in [0.25, 0.3) is 4.85 Å². The van der Waals surface area contributed by atoms with Gasteiger partial charge in [0.2, 0.25) is 0 Å². The minimum atomic E-state index is -4.02. The molecule has 0 bridgehead atoms. The van der Waals surface area contributed by atoms with E-state index in [1.165, 1.54) is 18.2 Å². The number of aryl methyl sites for hydroxylation is 1. The number of hydrogen-bond acceptors (Lipinski definition) is 3. The fourth-order valence-corrected chi connectivity index (χ4v) is 4.29. The predicted octanol–water partition coefficient (Wildman–Crippen LogP) is 4.31. The molecule has 2 aromatic carbocycles. The molecule has 1 unspecified atom stereocenters. The molecule has 6 heteroatoms. The Bertz CT molecular complexity index is 930. The minimum Gasteiger partial charge on any atom is -0.493 e. The van der Waals surface area contributed by atoms with Gasteiger partial charge in [0.1, 0.15) is 11.6 Å². The van der Waals surface area contributed by atoms with Crippen molar-refractivity contribution in [1.29, 1.82) is 0 Å². The maximum Gasteiger partial charge on any atom is 0.353 e. The zero-order valence-corrected chi connectivity index (χ0v) is 14.6. The van der Waals surface area contributed by atoms with E-state index in [9.17, 15) is 12.8 Å². The zero-order valence-electron chi connectivity index (χ0n) is 13.8. The van der Waals surface area contributed by atoms with Crippen LogP contribution in [0.3, 0.4) is 0 Å². The van der Waals surface area contributed by atoms with Gasteiger partial charge in [-0.25, -0.2) is 19.4 Å². The van der Waals surface area contributed by atoms with Crippen LogP contribution in [-0.2, 0) is 9.84 Å². The summed E-state index contributed by atoms with van der Waals surface area (Å²) in [5.74, 6) is 0.136. The summed E-state index contributed by atoms with van der Waals surface area (Å²) in [5, 5.41) is -1.62. The van der Waals surface area contributed by atoms with Crippen molar-refractivity contribution in [2.45, 2.75) is 30.0 Å². The van der Waals surface area contributed by atoms with Gasteiger partial charge in [-0.1, -0.05) is 18.2 Å². The summed E-state index contributed by atoms with van der Waals surface area (Å²) in [7, 11) is -4.02. The summed E-state index contributed by atoms with van der Waals surface area (Å²) in [6.07, 6.45) is 2.24. The van der Waals surface area contributed by atoms with E-state index in [0.29, 0.717) is 23.8 Å². The van der Waals surface area contributed by atoms with E-state index >= 15 is 0 Å². The van der Waals surface area contributed by atoms with E-state index in [1.807, 2.05) is 0 Å². The van der Waals surface area contributed by atoms with Crippen LogP contribution < -0.4 is 4.74 Å². The van der Waals surface area contributed by atoms with Crippen LogP contribution in [0.15, 0.2) is 47.4 Å². The van der Waals surface area contributed by atoms with E-state index in [4.69, 9.17) is 11.3 Å². The van der Waals surface area contributed by atoms with Crippen molar-refractivity contribution >= 4 is 9.84 Å². The highest BCUT2D eigenvalue weighted by Crippen LogP contribution is 2.35. The van der Waals surface area contributed by atoms with Gasteiger partial charge in [-0.3, -0.25) is 4.85 Å². The van der Waals surface area contributed by atoms with Crippen LogP contribution in [0.5, 0.6) is 5.75 Å². The van der Waals surface area contributed by atoms with E-state index in [2.05, 4.69) is 4.85 Å². The van der Waals surface area contributed by atoms with Crippen molar-refractivity contribution in [3.63, 3.8) is 0 Å². The molecule has 1 aliphatic carbocycles. The number of benzene rings is 2. The third-order valence-corrected chi connectivity index (χ3v) is 6.25. The van der Waals surface area contributed by atoms with Crippen molar-refractivity contribution in [2.75, 3.05) is 6.61 Å². The number of halogens is 1. The number of ether oxygens (including phenoxy) is 1. The van der Waals surface area contributed by atoms with Crippen LogP contribution in [0.4, 0.5) is 4.39 Å².